The van der Waals surface area contributed by atoms with E-state index in [4.69, 9.17) is 5.11 Å². The molecule has 0 radical (unpaired) electrons. The summed E-state index contributed by atoms with van der Waals surface area (Å²) >= 11 is 0. The van der Waals surface area contributed by atoms with E-state index in [1.165, 1.54) is 6.07 Å². The maximum atomic E-state index is 11.2. The van der Waals surface area contributed by atoms with Gasteiger partial charge in [-0.05, 0) is 12.3 Å². The highest BCUT2D eigenvalue weighted by atomic mass is 16.4. The summed E-state index contributed by atoms with van der Waals surface area (Å²) in [5, 5.41) is 8.57. The van der Waals surface area contributed by atoms with Crippen molar-refractivity contribution in [1.29, 1.82) is 0 Å². The zero-order valence-corrected chi connectivity index (χ0v) is 8.78. The first-order valence-electron chi connectivity index (χ1n) is 4.78. The van der Waals surface area contributed by atoms with Gasteiger partial charge in [0.15, 0.2) is 0 Å². The molecule has 0 aliphatic rings. The molecule has 0 atom stereocenters. The monoisotopic (exact) mass is 210 g/mol. The first-order chi connectivity index (χ1) is 6.97. The van der Waals surface area contributed by atoms with Gasteiger partial charge in [-0.25, -0.2) is 4.98 Å². The first-order valence-corrected chi connectivity index (χ1v) is 4.78. The summed E-state index contributed by atoms with van der Waals surface area (Å²) in [5.74, 6) is -0.400. The van der Waals surface area contributed by atoms with Crippen molar-refractivity contribution >= 4 is 5.97 Å². The van der Waals surface area contributed by atoms with Crippen LogP contribution in [0.1, 0.15) is 25.4 Å². The van der Waals surface area contributed by atoms with Crippen molar-refractivity contribution in [2.24, 2.45) is 5.92 Å². The molecule has 1 aromatic heterocycles. The number of carbonyl (C=O) groups is 1. The number of H-pyrrole nitrogens is 1. The number of nitrogens with one attached hydrogen (secondary N) is 1. The van der Waals surface area contributed by atoms with E-state index in [1.807, 2.05) is 13.8 Å². The lowest BCUT2D eigenvalue weighted by molar-refractivity contribution is -0.136. The SMILES string of the molecule is CC(C)Cc1cc(=O)[nH]c(CC(=O)O)n1. The Balaban J connectivity index is 2.94. The van der Waals surface area contributed by atoms with E-state index in [0.29, 0.717) is 18.0 Å². The number of aromatic nitrogens is 2. The summed E-state index contributed by atoms with van der Waals surface area (Å²) in [7, 11) is 0. The Morgan fingerprint density at radius 3 is 2.80 bits per heavy atom. The third-order valence-electron chi connectivity index (χ3n) is 1.78. The van der Waals surface area contributed by atoms with Crippen molar-refractivity contribution in [3.63, 3.8) is 0 Å². The third kappa shape index (κ3) is 3.93. The lowest BCUT2D eigenvalue weighted by Crippen LogP contribution is -2.16. The number of nitrogens with zero attached hydrogens (tertiary/aromatic N) is 1. The number of hydrogen-bond donors (Lipinski definition) is 2. The van der Waals surface area contributed by atoms with E-state index in [9.17, 15) is 9.59 Å². The Kier molecular flexibility index (Phi) is 3.60. The summed E-state index contributed by atoms with van der Waals surface area (Å²) in [6.07, 6.45) is 0.428. The molecule has 1 rings (SSSR count). The Bertz CT molecular complexity index is 409. The van der Waals surface area contributed by atoms with Crippen molar-refractivity contribution in [1.82, 2.24) is 9.97 Å². The van der Waals surface area contributed by atoms with Crippen molar-refractivity contribution in [3.8, 4) is 0 Å². The van der Waals surface area contributed by atoms with E-state index in [2.05, 4.69) is 9.97 Å². The average Bonchev–Trinajstić information content (AvgIpc) is 1.98. The Morgan fingerprint density at radius 1 is 1.60 bits per heavy atom. The molecule has 0 saturated heterocycles. The van der Waals surface area contributed by atoms with Crippen LogP contribution in [0.2, 0.25) is 0 Å². The van der Waals surface area contributed by atoms with Gasteiger partial charge in [-0.1, -0.05) is 13.8 Å². The van der Waals surface area contributed by atoms with Gasteiger partial charge in [-0.15, -0.1) is 0 Å². The van der Waals surface area contributed by atoms with E-state index >= 15 is 0 Å². The summed E-state index contributed by atoms with van der Waals surface area (Å²) in [4.78, 5) is 28.1. The fourth-order valence-corrected chi connectivity index (χ4v) is 1.31. The van der Waals surface area contributed by atoms with Gasteiger partial charge in [-0.3, -0.25) is 9.59 Å². The molecule has 0 bridgehead atoms. The number of carboxylic acid groups (broad SMARTS) is 1. The van der Waals surface area contributed by atoms with Crippen LogP contribution in [-0.4, -0.2) is 21.0 Å². The molecule has 5 nitrogen and oxygen atoms in total. The van der Waals surface area contributed by atoms with Crippen molar-refractivity contribution in [3.05, 3.63) is 27.9 Å². The smallest absolute Gasteiger partial charge is 0.311 e. The predicted molar refractivity (Wildman–Crippen MR) is 54.7 cm³/mol. The van der Waals surface area contributed by atoms with Crippen LogP contribution in [-0.2, 0) is 17.6 Å². The Labute approximate surface area is 87.2 Å². The van der Waals surface area contributed by atoms with E-state index in [1.54, 1.807) is 0 Å². The van der Waals surface area contributed by atoms with Gasteiger partial charge >= 0.3 is 5.97 Å². The molecule has 1 aromatic rings. The van der Waals surface area contributed by atoms with Crippen LogP contribution < -0.4 is 5.56 Å². The molecule has 0 fully saturated rings. The third-order valence-corrected chi connectivity index (χ3v) is 1.78. The molecular formula is C10H14N2O3. The lowest BCUT2D eigenvalue weighted by atomic mass is 10.1. The standard InChI is InChI=1S/C10H14N2O3/c1-6(2)3-7-4-9(13)12-8(11-7)5-10(14)15/h4,6H,3,5H2,1-2H3,(H,14,15)(H,11,12,13). The number of hydrogen-bond acceptors (Lipinski definition) is 3. The number of aromatic amines is 1. The van der Waals surface area contributed by atoms with Crippen molar-refractivity contribution in [2.75, 3.05) is 0 Å². The van der Waals surface area contributed by atoms with Crippen molar-refractivity contribution in [2.45, 2.75) is 26.7 Å². The molecule has 2 N–H and O–H groups in total. The minimum Gasteiger partial charge on any atom is -0.481 e. The maximum absolute atomic E-state index is 11.2. The van der Waals surface area contributed by atoms with Crippen LogP contribution in [0.15, 0.2) is 10.9 Å². The molecule has 15 heavy (non-hydrogen) atoms. The second kappa shape index (κ2) is 4.72. The minimum atomic E-state index is -1.00. The van der Waals surface area contributed by atoms with Crippen LogP contribution in [0, 0.1) is 5.92 Å². The van der Waals surface area contributed by atoms with E-state index in [-0.39, 0.29) is 17.8 Å². The lowest BCUT2D eigenvalue weighted by Gasteiger charge is -2.04. The fourth-order valence-electron chi connectivity index (χ4n) is 1.31. The molecule has 0 aliphatic heterocycles. The van der Waals surface area contributed by atoms with Crippen LogP contribution in [0.3, 0.4) is 0 Å². The average molecular weight is 210 g/mol. The Hall–Kier alpha value is -1.65. The zero-order chi connectivity index (χ0) is 11.4. The van der Waals surface area contributed by atoms with E-state index in [0.717, 1.165) is 0 Å². The van der Waals surface area contributed by atoms with Gasteiger partial charge in [0.25, 0.3) is 5.56 Å². The summed E-state index contributed by atoms with van der Waals surface area (Å²) in [5.41, 5.74) is 0.349. The van der Waals surface area contributed by atoms with Crippen LogP contribution in [0.25, 0.3) is 0 Å². The van der Waals surface area contributed by atoms with Crippen LogP contribution in [0.4, 0.5) is 0 Å². The molecule has 0 unspecified atom stereocenters. The number of rotatable bonds is 4. The number of aliphatic carboxylic acids is 1. The summed E-state index contributed by atoms with van der Waals surface area (Å²) < 4.78 is 0. The van der Waals surface area contributed by atoms with E-state index < -0.39 is 5.97 Å². The molecule has 0 aromatic carbocycles. The van der Waals surface area contributed by atoms with Gasteiger partial charge in [0.1, 0.15) is 12.2 Å². The molecule has 0 amide bonds. The maximum Gasteiger partial charge on any atom is 0.311 e. The first kappa shape index (κ1) is 11.4. The fraction of sp³-hybridized carbons (Fsp3) is 0.500. The topological polar surface area (TPSA) is 83.0 Å². The second-order valence-electron chi connectivity index (χ2n) is 3.85. The minimum absolute atomic E-state index is 0.214. The highest BCUT2D eigenvalue weighted by molar-refractivity contribution is 5.68. The van der Waals surface area contributed by atoms with Crippen LogP contribution in [0.5, 0.6) is 0 Å². The van der Waals surface area contributed by atoms with Crippen LogP contribution >= 0.6 is 0 Å². The molecule has 0 saturated carbocycles. The quantitative estimate of drug-likeness (QED) is 0.762. The summed E-state index contributed by atoms with van der Waals surface area (Å²) in [6, 6.07) is 1.41. The molecule has 0 spiro atoms. The highest BCUT2D eigenvalue weighted by Crippen LogP contribution is 2.03. The molecule has 5 heteroatoms. The zero-order valence-electron chi connectivity index (χ0n) is 8.78. The highest BCUT2D eigenvalue weighted by Gasteiger charge is 2.06. The molecule has 0 aliphatic carbocycles. The van der Waals surface area contributed by atoms with Gasteiger partial charge in [0, 0.05) is 11.8 Å². The van der Waals surface area contributed by atoms with Gasteiger partial charge < -0.3 is 10.1 Å². The summed E-state index contributed by atoms with van der Waals surface area (Å²) in [6.45, 7) is 4.03. The van der Waals surface area contributed by atoms with Gasteiger partial charge in [-0.2, -0.15) is 0 Å². The van der Waals surface area contributed by atoms with Crippen molar-refractivity contribution < 1.29 is 9.90 Å². The second-order valence-corrected chi connectivity index (χ2v) is 3.85. The largest absolute Gasteiger partial charge is 0.481 e. The van der Waals surface area contributed by atoms with Gasteiger partial charge in [0.2, 0.25) is 0 Å². The Morgan fingerprint density at radius 2 is 2.27 bits per heavy atom. The normalized spacial score (nSPS) is 10.6. The molecule has 82 valence electrons. The number of carboxylic acids is 1. The molecular weight excluding hydrogens is 196 g/mol. The van der Waals surface area contributed by atoms with Gasteiger partial charge in [0.05, 0.1) is 0 Å². The predicted octanol–water partition coefficient (Wildman–Crippen LogP) is 0.595. The molecule has 1 heterocycles.